The lowest BCUT2D eigenvalue weighted by Crippen LogP contribution is -2.37. The standard InChI is InChI=1S/C14H17FN2O2/c1-3-11(4-2)17-14(18)9-19-12-6-5-10(8-16)13(15)7-12/h5-7,11H,3-4,9H2,1-2H3,(H,17,18). The number of rotatable bonds is 6. The van der Waals surface area contributed by atoms with Crippen LogP contribution in [0.4, 0.5) is 4.39 Å². The van der Waals surface area contributed by atoms with E-state index in [1.807, 2.05) is 13.8 Å². The number of carbonyl (C=O) groups excluding carboxylic acids is 1. The number of benzene rings is 1. The predicted octanol–water partition coefficient (Wildman–Crippen LogP) is 2.38. The number of nitrogens with one attached hydrogen (secondary N) is 1. The predicted molar refractivity (Wildman–Crippen MR) is 69.1 cm³/mol. The maximum atomic E-state index is 13.3. The summed E-state index contributed by atoms with van der Waals surface area (Å²) in [6.07, 6.45) is 1.71. The molecule has 102 valence electrons. The zero-order chi connectivity index (χ0) is 14.3. The highest BCUT2D eigenvalue weighted by Crippen LogP contribution is 2.15. The Balaban J connectivity index is 2.51. The van der Waals surface area contributed by atoms with Crippen molar-refractivity contribution in [3.63, 3.8) is 0 Å². The Bertz CT molecular complexity index is 479. The van der Waals surface area contributed by atoms with Crippen molar-refractivity contribution < 1.29 is 13.9 Å². The lowest BCUT2D eigenvalue weighted by Gasteiger charge is -2.15. The minimum absolute atomic E-state index is 0.0474. The summed E-state index contributed by atoms with van der Waals surface area (Å²) in [4.78, 5) is 11.6. The second-order valence-corrected chi connectivity index (χ2v) is 4.12. The number of amides is 1. The Morgan fingerprint density at radius 2 is 2.16 bits per heavy atom. The molecule has 0 saturated heterocycles. The first kappa shape index (κ1) is 15.0. The number of carbonyl (C=O) groups is 1. The molecule has 1 aromatic rings. The summed E-state index contributed by atoms with van der Waals surface area (Å²) < 4.78 is 18.5. The molecular weight excluding hydrogens is 247 g/mol. The van der Waals surface area contributed by atoms with Gasteiger partial charge in [-0.2, -0.15) is 5.26 Å². The third-order valence-corrected chi connectivity index (χ3v) is 2.78. The molecule has 5 heteroatoms. The maximum absolute atomic E-state index is 13.3. The molecule has 1 aromatic carbocycles. The highest BCUT2D eigenvalue weighted by molar-refractivity contribution is 5.77. The quantitative estimate of drug-likeness (QED) is 0.858. The number of halogens is 1. The van der Waals surface area contributed by atoms with E-state index in [-0.39, 0.29) is 29.9 Å². The van der Waals surface area contributed by atoms with E-state index in [9.17, 15) is 9.18 Å². The van der Waals surface area contributed by atoms with Crippen LogP contribution >= 0.6 is 0 Å². The van der Waals surface area contributed by atoms with Crippen LogP contribution in [-0.2, 0) is 4.79 Å². The molecule has 1 rings (SSSR count). The van der Waals surface area contributed by atoms with Crippen LogP contribution in [0.3, 0.4) is 0 Å². The molecule has 0 unspecified atom stereocenters. The summed E-state index contributed by atoms with van der Waals surface area (Å²) in [6.45, 7) is 3.82. The average molecular weight is 264 g/mol. The van der Waals surface area contributed by atoms with Crippen LogP contribution in [0.1, 0.15) is 32.3 Å². The zero-order valence-corrected chi connectivity index (χ0v) is 11.1. The number of nitrogens with zero attached hydrogens (tertiary/aromatic N) is 1. The molecule has 0 spiro atoms. The summed E-state index contributed by atoms with van der Waals surface area (Å²) in [5.41, 5.74) is -0.0474. The van der Waals surface area contributed by atoms with E-state index < -0.39 is 5.82 Å². The van der Waals surface area contributed by atoms with E-state index in [1.54, 1.807) is 6.07 Å². The largest absolute Gasteiger partial charge is 0.484 e. The maximum Gasteiger partial charge on any atom is 0.258 e. The van der Waals surface area contributed by atoms with E-state index in [2.05, 4.69) is 5.32 Å². The van der Waals surface area contributed by atoms with E-state index in [0.717, 1.165) is 18.9 Å². The average Bonchev–Trinajstić information content (AvgIpc) is 2.42. The molecule has 0 radical (unpaired) electrons. The normalized spacial score (nSPS) is 10.1. The summed E-state index contributed by atoms with van der Waals surface area (Å²) in [5.74, 6) is -0.657. The lowest BCUT2D eigenvalue weighted by molar-refractivity contribution is -0.123. The Kier molecular flexibility index (Phi) is 5.80. The molecular formula is C14H17FN2O2. The molecule has 0 aliphatic rings. The van der Waals surface area contributed by atoms with E-state index in [0.29, 0.717) is 0 Å². The third-order valence-electron chi connectivity index (χ3n) is 2.78. The van der Waals surface area contributed by atoms with Gasteiger partial charge < -0.3 is 10.1 Å². The molecule has 19 heavy (non-hydrogen) atoms. The van der Waals surface area contributed by atoms with Crippen molar-refractivity contribution in [1.82, 2.24) is 5.32 Å². The van der Waals surface area contributed by atoms with Gasteiger partial charge in [-0.1, -0.05) is 13.8 Å². The van der Waals surface area contributed by atoms with Crippen molar-refractivity contribution in [2.75, 3.05) is 6.61 Å². The van der Waals surface area contributed by atoms with E-state index in [1.165, 1.54) is 12.1 Å². The molecule has 0 aliphatic heterocycles. The van der Waals surface area contributed by atoms with Crippen molar-refractivity contribution in [3.05, 3.63) is 29.6 Å². The zero-order valence-electron chi connectivity index (χ0n) is 11.1. The number of hydrogen-bond acceptors (Lipinski definition) is 3. The Hall–Kier alpha value is -2.09. The van der Waals surface area contributed by atoms with Crippen molar-refractivity contribution in [3.8, 4) is 11.8 Å². The van der Waals surface area contributed by atoms with Crippen LogP contribution < -0.4 is 10.1 Å². The van der Waals surface area contributed by atoms with Crippen LogP contribution in [0.5, 0.6) is 5.75 Å². The van der Waals surface area contributed by atoms with Gasteiger partial charge in [0.05, 0.1) is 5.56 Å². The topological polar surface area (TPSA) is 62.1 Å². The molecule has 4 nitrogen and oxygen atoms in total. The Morgan fingerprint density at radius 1 is 1.47 bits per heavy atom. The second-order valence-electron chi connectivity index (χ2n) is 4.12. The van der Waals surface area contributed by atoms with Crippen molar-refractivity contribution in [2.45, 2.75) is 32.7 Å². The van der Waals surface area contributed by atoms with Gasteiger partial charge in [0, 0.05) is 12.1 Å². The Labute approximate surface area is 112 Å². The van der Waals surface area contributed by atoms with Crippen LogP contribution in [0.2, 0.25) is 0 Å². The van der Waals surface area contributed by atoms with Crippen LogP contribution in [0, 0.1) is 17.1 Å². The van der Waals surface area contributed by atoms with E-state index >= 15 is 0 Å². The first-order chi connectivity index (χ1) is 9.10. The van der Waals surface area contributed by atoms with Gasteiger partial charge in [-0.15, -0.1) is 0 Å². The number of hydrogen-bond donors (Lipinski definition) is 1. The first-order valence-electron chi connectivity index (χ1n) is 6.22. The summed E-state index contributed by atoms with van der Waals surface area (Å²) >= 11 is 0. The summed E-state index contributed by atoms with van der Waals surface area (Å²) in [6, 6.07) is 5.74. The van der Waals surface area contributed by atoms with E-state index in [4.69, 9.17) is 10.00 Å². The highest BCUT2D eigenvalue weighted by Gasteiger charge is 2.09. The lowest BCUT2D eigenvalue weighted by atomic mass is 10.2. The molecule has 1 N–H and O–H groups in total. The van der Waals surface area contributed by atoms with Gasteiger partial charge in [-0.3, -0.25) is 4.79 Å². The van der Waals surface area contributed by atoms with Gasteiger partial charge in [-0.05, 0) is 25.0 Å². The van der Waals surface area contributed by atoms with Gasteiger partial charge in [0.15, 0.2) is 6.61 Å². The molecule has 0 fully saturated rings. The summed E-state index contributed by atoms with van der Waals surface area (Å²) in [7, 11) is 0. The fraction of sp³-hybridized carbons (Fsp3) is 0.429. The monoisotopic (exact) mass is 264 g/mol. The number of ether oxygens (including phenoxy) is 1. The minimum atomic E-state index is -0.652. The molecule has 0 heterocycles. The summed E-state index contributed by atoms with van der Waals surface area (Å²) in [5, 5.41) is 11.4. The smallest absolute Gasteiger partial charge is 0.258 e. The van der Waals surface area contributed by atoms with Crippen LogP contribution in [0.25, 0.3) is 0 Å². The van der Waals surface area contributed by atoms with Gasteiger partial charge in [0.2, 0.25) is 0 Å². The van der Waals surface area contributed by atoms with Crippen molar-refractivity contribution in [2.24, 2.45) is 0 Å². The fourth-order valence-electron chi connectivity index (χ4n) is 1.59. The molecule has 0 saturated carbocycles. The highest BCUT2D eigenvalue weighted by atomic mass is 19.1. The fourth-order valence-corrected chi connectivity index (χ4v) is 1.59. The molecule has 0 atom stereocenters. The third kappa shape index (κ3) is 4.59. The Morgan fingerprint density at radius 3 is 2.68 bits per heavy atom. The second kappa shape index (κ2) is 7.37. The van der Waals surface area contributed by atoms with Crippen molar-refractivity contribution >= 4 is 5.91 Å². The first-order valence-corrected chi connectivity index (χ1v) is 6.22. The molecule has 0 aromatic heterocycles. The molecule has 0 aliphatic carbocycles. The van der Waals surface area contributed by atoms with Gasteiger partial charge in [0.25, 0.3) is 5.91 Å². The van der Waals surface area contributed by atoms with Crippen molar-refractivity contribution in [1.29, 1.82) is 5.26 Å². The van der Waals surface area contributed by atoms with Gasteiger partial charge in [0.1, 0.15) is 17.6 Å². The molecule has 1 amide bonds. The minimum Gasteiger partial charge on any atom is -0.484 e. The van der Waals surface area contributed by atoms with Gasteiger partial charge in [-0.25, -0.2) is 4.39 Å². The van der Waals surface area contributed by atoms with Gasteiger partial charge >= 0.3 is 0 Å². The van der Waals surface area contributed by atoms with Crippen LogP contribution in [-0.4, -0.2) is 18.6 Å². The van der Waals surface area contributed by atoms with Crippen LogP contribution in [0.15, 0.2) is 18.2 Å². The number of nitriles is 1. The molecule has 0 bridgehead atoms. The SMILES string of the molecule is CCC(CC)NC(=O)COc1ccc(C#N)c(F)c1.